The predicted octanol–water partition coefficient (Wildman–Crippen LogP) is 2.16. The van der Waals surface area contributed by atoms with Gasteiger partial charge in [0.15, 0.2) is 6.29 Å². The minimum absolute atomic E-state index is 0.0376. The van der Waals surface area contributed by atoms with Crippen LogP contribution in [0.2, 0.25) is 0 Å². The molecule has 138 valence electrons. The summed E-state index contributed by atoms with van der Waals surface area (Å²) in [5.41, 5.74) is 1.43. The number of benzene rings is 2. The summed E-state index contributed by atoms with van der Waals surface area (Å²) in [6.45, 7) is 0.273. The Balaban J connectivity index is 1.60. The molecule has 0 unspecified atom stereocenters. The minimum Gasteiger partial charge on any atom is -0.459 e. The van der Waals surface area contributed by atoms with E-state index in [2.05, 4.69) is 0 Å². The van der Waals surface area contributed by atoms with Gasteiger partial charge in [-0.1, -0.05) is 48.5 Å². The van der Waals surface area contributed by atoms with Gasteiger partial charge in [0.05, 0.1) is 12.2 Å². The molecule has 26 heavy (non-hydrogen) atoms. The van der Waals surface area contributed by atoms with E-state index in [1.807, 2.05) is 36.4 Å². The normalized spacial score (nSPS) is 25.2. The van der Waals surface area contributed by atoms with Crippen LogP contribution in [0.25, 0.3) is 0 Å². The Hall–Kier alpha value is -2.25. The minimum atomic E-state index is -0.968. The molecule has 0 saturated carbocycles. The van der Waals surface area contributed by atoms with Gasteiger partial charge in [-0.15, -0.1) is 0 Å². The van der Waals surface area contributed by atoms with Crippen LogP contribution in [0.1, 0.15) is 15.9 Å². The highest BCUT2D eigenvalue weighted by atomic mass is 16.7. The molecular formula is C20H22O6. The van der Waals surface area contributed by atoms with Crippen molar-refractivity contribution < 1.29 is 28.8 Å². The van der Waals surface area contributed by atoms with Crippen molar-refractivity contribution in [3.63, 3.8) is 0 Å². The number of ether oxygens (including phenoxy) is 4. The third-order valence-electron chi connectivity index (χ3n) is 4.20. The van der Waals surface area contributed by atoms with Crippen molar-refractivity contribution in [3.05, 3.63) is 71.8 Å². The van der Waals surface area contributed by atoms with Gasteiger partial charge in [0.25, 0.3) is 0 Å². The second-order valence-electron chi connectivity index (χ2n) is 5.99. The quantitative estimate of drug-likeness (QED) is 0.765. The Morgan fingerprint density at radius 3 is 2.38 bits per heavy atom. The first-order valence-electron chi connectivity index (χ1n) is 8.43. The Bertz CT molecular complexity index is 690. The molecule has 2 aromatic rings. The summed E-state index contributed by atoms with van der Waals surface area (Å²) in [6.07, 6.45) is -3.07. The summed E-state index contributed by atoms with van der Waals surface area (Å²) in [5.74, 6) is -0.452. The number of rotatable bonds is 7. The van der Waals surface area contributed by atoms with Gasteiger partial charge in [0.2, 0.25) is 0 Å². The molecule has 0 amide bonds. The lowest BCUT2D eigenvalue weighted by atomic mass is 10.1. The maximum absolute atomic E-state index is 12.1. The van der Waals surface area contributed by atoms with E-state index in [1.54, 1.807) is 24.3 Å². The molecule has 0 spiro atoms. The second-order valence-corrected chi connectivity index (χ2v) is 5.99. The van der Waals surface area contributed by atoms with E-state index in [0.29, 0.717) is 12.2 Å². The van der Waals surface area contributed by atoms with Gasteiger partial charge in [0.1, 0.15) is 24.9 Å². The number of methoxy groups -OCH3 is 1. The van der Waals surface area contributed by atoms with Gasteiger partial charge in [0, 0.05) is 7.11 Å². The van der Waals surface area contributed by atoms with Crippen molar-refractivity contribution in [1.82, 2.24) is 0 Å². The van der Waals surface area contributed by atoms with Gasteiger partial charge in [-0.05, 0) is 17.7 Å². The zero-order valence-corrected chi connectivity index (χ0v) is 14.5. The van der Waals surface area contributed by atoms with Crippen LogP contribution in [0.4, 0.5) is 0 Å². The molecule has 0 bridgehead atoms. The first kappa shape index (κ1) is 18.5. The molecule has 1 aliphatic heterocycles. The van der Waals surface area contributed by atoms with Crippen LogP contribution in [0.3, 0.4) is 0 Å². The smallest absolute Gasteiger partial charge is 0.338 e. The van der Waals surface area contributed by atoms with Gasteiger partial charge in [-0.3, -0.25) is 0 Å². The lowest BCUT2D eigenvalue weighted by Gasteiger charge is -2.20. The number of aliphatic hydroxyl groups is 1. The number of hydrogen-bond acceptors (Lipinski definition) is 6. The Labute approximate surface area is 152 Å². The topological polar surface area (TPSA) is 74.2 Å². The van der Waals surface area contributed by atoms with Crippen molar-refractivity contribution in [2.75, 3.05) is 13.7 Å². The van der Waals surface area contributed by atoms with E-state index in [9.17, 15) is 9.90 Å². The van der Waals surface area contributed by atoms with Crippen LogP contribution in [0.15, 0.2) is 60.7 Å². The number of carbonyl (C=O) groups is 1. The zero-order chi connectivity index (χ0) is 18.4. The van der Waals surface area contributed by atoms with Gasteiger partial charge in [-0.2, -0.15) is 0 Å². The highest BCUT2D eigenvalue weighted by Gasteiger charge is 2.45. The number of aliphatic hydroxyl groups excluding tert-OH is 1. The molecule has 3 rings (SSSR count). The van der Waals surface area contributed by atoms with Crippen molar-refractivity contribution in [3.8, 4) is 0 Å². The fourth-order valence-electron chi connectivity index (χ4n) is 2.82. The molecule has 1 N–H and O–H groups in total. The van der Waals surface area contributed by atoms with E-state index in [1.165, 1.54) is 7.11 Å². The van der Waals surface area contributed by atoms with Crippen LogP contribution in [-0.4, -0.2) is 49.4 Å². The molecule has 1 aliphatic rings. The third-order valence-corrected chi connectivity index (χ3v) is 4.20. The fourth-order valence-corrected chi connectivity index (χ4v) is 2.82. The number of esters is 1. The molecule has 1 heterocycles. The molecular weight excluding hydrogens is 336 g/mol. The lowest BCUT2D eigenvalue weighted by Crippen LogP contribution is -2.37. The van der Waals surface area contributed by atoms with Crippen molar-refractivity contribution in [2.24, 2.45) is 0 Å². The molecule has 0 radical (unpaired) electrons. The monoisotopic (exact) mass is 358 g/mol. The highest BCUT2D eigenvalue weighted by molar-refractivity contribution is 5.89. The summed E-state index contributed by atoms with van der Waals surface area (Å²) in [7, 11) is 1.44. The maximum atomic E-state index is 12.1. The van der Waals surface area contributed by atoms with E-state index < -0.39 is 30.6 Å². The standard InChI is InChI=1S/C20H22O6/c1-23-20-17(21)18(24-12-14-8-4-2-5-9-14)16(26-20)13-25-19(22)15-10-6-3-7-11-15/h2-11,16-18,20-21H,12-13H2,1H3/t16-,17+,18-,20+/m1/s1. The van der Waals surface area contributed by atoms with E-state index >= 15 is 0 Å². The summed E-state index contributed by atoms with van der Waals surface area (Å²) in [5, 5.41) is 10.4. The van der Waals surface area contributed by atoms with Crippen LogP contribution < -0.4 is 0 Å². The van der Waals surface area contributed by atoms with Gasteiger partial charge < -0.3 is 24.1 Å². The molecule has 1 saturated heterocycles. The Morgan fingerprint density at radius 1 is 1.08 bits per heavy atom. The molecule has 0 aliphatic carbocycles. The van der Waals surface area contributed by atoms with Crippen LogP contribution in [0.5, 0.6) is 0 Å². The zero-order valence-electron chi connectivity index (χ0n) is 14.5. The molecule has 6 nitrogen and oxygen atoms in total. The van der Waals surface area contributed by atoms with E-state index in [4.69, 9.17) is 18.9 Å². The molecule has 2 aromatic carbocycles. The SMILES string of the molecule is CO[C@H]1O[C@H](COC(=O)c2ccccc2)[C@@H](OCc2ccccc2)[C@@H]1O. The summed E-state index contributed by atoms with van der Waals surface area (Å²) in [6, 6.07) is 18.3. The molecule has 1 fully saturated rings. The third kappa shape index (κ3) is 4.47. The lowest BCUT2D eigenvalue weighted by molar-refractivity contribution is -0.153. The number of hydrogen-bond donors (Lipinski definition) is 1. The van der Waals surface area contributed by atoms with Crippen molar-refractivity contribution >= 4 is 5.97 Å². The number of carbonyl (C=O) groups excluding carboxylic acids is 1. The predicted molar refractivity (Wildman–Crippen MR) is 93.4 cm³/mol. The first-order chi connectivity index (χ1) is 12.7. The molecule has 0 aromatic heterocycles. The average molecular weight is 358 g/mol. The highest BCUT2D eigenvalue weighted by Crippen LogP contribution is 2.26. The summed E-state index contributed by atoms with van der Waals surface area (Å²) < 4.78 is 21.9. The van der Waals surface area contributed by atoms with Crippen LogP contribution in [-0.2, 0) is 25.6 Å². The Morgan fingerprint density at radius 2 is 1.73 bits per heavy atom. The largest absolute Gasteiger partial charge is 0.459 e. The first-order valence-corrected chi connectivity index (χ1v) is 8.43. The van der Waals surface area contributed by atoms with Gasteiger partial charge >= 0.3 is 5.97 Å². The second kappa shape index (κ2) is 8.91. The van der Waals surface area contributed by atoms with E-state index in [-0.39, 0.29) is 6.61 Å². The van der Waals surface area contributed by atoms with Crippen LogP contribution >= 0.6 is 0 Å². The van der Waals surface area contributed by atoms with E-state index in [0.717, 1.165) is 5.56 Å². The Kier molecular flexibility index (Phi) is 6.35. The fraction of sp³-hybridized carbons (Fsp3) is 0.350. The van der Waals surface area contributed by atoms with Crippen molar-refractivity contribution in [2.45, 2.75) is 31.2 Å². The summed E-state index contributed by atoms with van der Waals surface area (Å²) >= 11 is 0. The average Bonchev–Trinajstić information content (AvgIpc) is 3.00. The molecule has 4 atom stereocenters. The molecule has 6 heteroatoms. The van der Waals surface area contributed by atoms with Gasteiger partial charge in [-0.25, -0.2) is 4.79 Å². The van der Waals surface area contributed by atoms with Crippen molar-refractivity contribution in [1.29, 1.82) is 0 Å². The van der Waals surface area contributed by atoms with Crippen LogP contribution in [0, 0.1) is 0 Å². The summed E-state index contributed by atoms with van der Waals surface area (Å²) in [4.78, 5) is 12.1. The maximum Gasteiger partial charge on any atom is 0.338 e.